The van der Waals surface area contributed by atoms with Gasteiger partial charge in [-0.2, -0.15) is 26.3 Å². The highest BCUT2D eigenvalue weighted by Crippen LogP contribution is 2.43. The predicted octanol–water partition coefficient (Wildman–Crippen LogP) is 6.35. The van der Waals surface area contributed by atoms with E-state index in [1.54, 1.807) is 0 Å². The van der Waals surface area contributed by atoms with Gasteiger partial charge in [0.15, 0.2) is 11.7 Å². The van der Waals surface area contributed by atoms with Crippen molar-refractivity contribution in [2.45, 2.75) is 64.3 Å². The molecule has 0 N–H and O–H groups in total. The van der Waals surface area contributed by atoms with Crippen molar-refractivity contribution in [3.63, 3.8) is 0 Å². The van der Waals surface area contributed by atoms with Gasteiger partial charge in [-0.1, -0.05) is 38.1 Å². The third-order valence-electron chi connectivity index (χ3n) is 6.26. The van der Waals surface area contributed by atoms with Crippen LogP contribution in [0.15, 0.2) is 30.3 Å². The minimum atomic E-state index is -4.78. The molecule has 0 fully saturated rings. The van der Waals surface area contributed by atoms with Crippen molar-refractivity contribution in [2.75, 3.05) is 11.4 Å². The van der Waals surface area contributed by atoms with E-state index in [1.807, 2.05) is 24.3 Å². The molecule has 188 valence electrons. The first-order valence-corrected chi connectivity index (χ1v) is 11.2. The summed E-state index contributed by atoms with van der Waals surface area (Å²) < 4.78 is 81.6. The number of anilines is 1. The molecule has 2 aromatic heterocycles. The summed E-state index contributed by atoms with van der Waals surface area (Å²) in [5, 5.41) is 3.82. The zero-order chi connectivity index (χ0) is 25.7. The van der Waals surface area contributed by atoms with E-state index in [0.717, 1.165) is 17.2 Å². The van der Waals surface area contributed by atoms with Gasteiger partial charge in [0.2, 0.25) is 5.91 Å². The Balaban J connectivity index is 1.70. The van der Waals surface area contributed by atoms with Crippen molar-refractivity contribution in [1.29, 1.82) is 0 Å². The third kappa shape index (κ3) is 4.85. The lowest BCUT2D eigenvalue weighted by Crippen LogP contribution is -2.43. The molecule has 5 nitrogen and oxygen atoms in total. The Hall–Kier alpha value is -3.11. The topological polar surface area (TPSA) is 51.0 Å². The summed E-state index contributed by atoms with van der Waals surface area (Å²) in [6.07, 6.45) is -9.53. The Labute approximate surface area is 197 Å². The van der Waals surface area contributed by atoms with E-state index in [4.69, 9.17) is 0 Å². The van der Waals surface area contributed by atoms with Gasteiger partial charge in [-0.3, -0.25) is 9.69 Å². The van der Waals surface area contributed by atoms with Gasteiger partial charge in [0.25, 0.3) is 0 Å². The number of halogens is 6. The number of aromatic nitrogens is 3. The van der Waals surface area contributed by atoms with Crippen LogP contribution < -0.4 is 4.90 Å². The number of nitrogens with zero attached hydrogens (tertiary/aromatic N) is 4. The largest absolute Gasteiger partial charge is 0.433 e. The van der Waals surface area contributed by atoms with Crippen molar-refractivity contribution in [2.24, 2.45) is 0 Å². The smallest absolute Gasteiger partial charge is 0.296 e. The lowest BCUT2D eigenvalue weighted by molar-refractivity contribution is -0.172. The van der Waals surface area contributed by atoms with Crippen LogP contribution in [0.3, 0.4) is 0 Å². The predicted molar refractivity (Wildman–Crippen MR) is 118 cm³/mol. The minimum absolute atomic E-state index is 0.0154. The molecule has 4 rings (SSSR count). The molecule has 0 aliphatic carbocycles. The Morgan fingerprint density at radius 2 is 1.77 bits per heavy atom. The number of fused-ring (bicyclic) bond motifs is 3. The molecule has 1 amide bonds. The van der Waals surface area contributed by atoms with Crippen LogP contribution in [0, 0.1) is 6.92 Å². The monoisotopic (exact) mass is 498 g/mol. The van der Waals surface area contributed by atoms with Crippen LogP contribution in [-0.2, 0) is 17.4 Å². The maximum atomic E-state index is 13.7. The fraction of sp³-hybridized carbons (Fsp3) is 0.458. The first-order valence-electron chi connectivity index (χ1n) is 11.2. The molecule has 0 saturated heterocycles. The molecule has 0 spiro atoms. The molecule has 1 atom stereocenters. The molecule has 1 unspecified atom stereocenters. The molecule has 0 radical (unpaired) electrons. The van der Waals surface area contributed by atoms with E-state index in [9.17, 15) is 31.1 Å². The van der Waals surface area contributed by atoms with Crippen molar-refractivity contribution in [1.82, 2.24) is 14.8 Å². The van der Waals surface area contributed by atoms with E-state index in [0.29, 0.717) is 17.0 Å². The second-order valence-corrected chi connectivity index (χ2v) is 9.08. The molecule has 35 heavy (non-hydrogen) atoms. The number of rotatable bonds is 4. The Morgan fingerprint density at radius 1 is 1.11 bits per heavy atom. The highest BCUT2D eigenvalue weighted by atomic mass is 19.4. The zero-order valence-electron chi connectivity index (χ0n) is 19.3. The van der Waals surface area contributed by atoms with Gasteiger partial charge in [0.1, 0.15) is 11.5 Å². The zero-order valence-corrected chi connectivity index (χ0v) is 19.3. The normalized spacial score (nSPS) is 16.7. The van der Waals surface area contributed by atoms with Crippen LogP contribution in [0.5, 0.6) is 0 Å². The van der Waals surface area contributed by atoms with E-state index in [1.165, 1.54) is 11.8 Å². The van der Waals surface area contributed by atoms with E-state index < -0.39 is 42.1 Å². The molecule has 3 aromatic rings. The molecule has 1 aliphatic rings. The quantitative estimate of drug-likeness (QED) is 0.394. The summed E-state index contributed by atoms with van der Waals surface area (Å²) in [4.78, 5) is 17.8. The first-order chi connectivity index (χ1) is 16.3. The summed E-state index contributed by atoms with van der Waals surface area (Å²) in [7, 11) is 0. The molecule has 0 saturated carbocycles. The standard InChI is InChI=1S/C24H24F6N4O/c1-13(2)16-7-4-15(5-8-16)6-9-19(35)33-11-10-18(24(28,29)30)34-22(33)20-14(3)12-17(23(25,26)27)31-21(20)32-34/h4-5,7-8,12-13,18H,6,9-11H2,1-3H3. The van der Waals surface area contributed by atoms with Crippen molar-refractivity contribution in [3.8, 4) is 0 Å². The fourth-order valence-corrected chi connectivity index (χ4v) is 4.37. The van der Waals surface area contributed by atoms with Crippen molar-refractivity contribution in [3.05, 3.63) is 52.7 Å². The third-order valence-corrected chi connectivity index (χ3v) is 6.26. The average Bonchev–Trinajstić information content (AvgIpc) is 3.15. The first kappa shape index (κ1) is 25.0. The van der Waals surface area contributed by atoms with Crippen LogP contribution in [-0.4, -0.2) is 33.4 Å². The second-order valence-electron chi connectivity index (χ2n) is 9.08. The Morgan fingerprint density at radius 3 is 2.34 bits per heavy atom. The fourth-order valence-electron chi connectivity index (χ4n) is 4.37. The summed E-state index contributed by atoms with van der Waals surface area (Å²) in [5.41, 5.74) is 0.382. The van der Waals surface area contributed by atoms with Gasteiger partial charge >= 0.3 is 12.4 Å². The molecular formula is C24H24F6N4O. The van der Waals surface area contributed by atoms with Crippen LogP contribution in [0.1, 0.15) is 61.0 Å². The maximum absolute atomic E-state index is 13.7. The Bertz CT molecular complexity index is 1240. The lowest BCUT2D eigenvalue weighted by atomic mass is 10.00. The molecule has 1 aromatic carbocycles. The van der Waals surface area contributed by atoms with Crippen molar-refractivity contribution >= 4 is 22.8 Å². The van der Waals surface area contributed by atoms with Gasteiger partial charge in [0, 0.05) is 13.0 Å². The van der Waals surface area contributed by atoms with Gasteiger partial charge in [-0.15, -0.1) is 5.10 Å². The van der Waals surface area contributed by atoms with Crippen LogP contribution in [0.2, 0.25) is 0 Å². The number of benzene rings is 1. The lowest BCUT2D eigenvalue weighted by Gasteiger charge is -2.34. The highest BCUT2D eigenvalue weighted by molar-refractivity contribution is 6.02. The van der Waals surface area contributed by atoms with E-state index >= 15 is 0 Å². The van der Waals surface area contributed by atoms with Gasteiger partial charge < -0.3 is 0 Å². The number of carbonyl (C=O) groups is 1. The number of aryl methyl sites for hydroxylation is 2. The second kappa shape index (κ2) is 8.83. The molecule has 1 aliphatic heterocycles. The number of hydrogen-bond donors (Lipinski definition) is 0. The van der Waals surface area contributed by atoms with Crippen LogP contribution >= 0.6 is 0 Å². The number of carbonyl (C=O) groups excluding carboxylic acids is 1. The van der Waals surface area contributed by atoms with Gasteiger partial charge in [0.05, 0.1) is 5.39 Å². The summed E-state index contributed by atoms with van der Waals surface area (Å²) in [6.45, 7) is 5.24. The van der Waals surface area contributed by atoms with E-state index in [-0.39, 0.29) is 29.7 Å². The number of pyridine rings is 1. The molecule has 0 bridgehead atoms. The van der Waals surface area contributed by atoms with Crippen molar-refractivity contribution < 1.29 is 31.1 Å². The summed E-state index contributed by atoms with van der Waals surface area (Å²) in [6, 6.07) is 6.45. The van der Waals surface area contributed by atoms with Gasteiger partial charge in [-0.05, 0) is 48.4 Å². The average molecular weight is 498 g/mol. The SMILES string of the molecule is Cc1cc(C(F)(F)F)nc2nn3c(c12)N(C(=O)CCc1ccc(C(C)C)cc1)CCC3C(F)(F)F. The summed E-state index contributed by atoms with van der Waals surface area (Å²) >= 11 is 0. The van der Waals surface area contributed by atoms with E-state index in [2.05, 4.69) is 23.9 Å². The number of amides is 1. The number of hydrogen-bond acceptors (Lipinski definition) is 3. The summed E-state index contributed by atoms with van der Waals surface area (Å²) in [5.74, 6) is -0.239. The molecular weight excluding hydrogens is 474 g/mol. The Kier molecular flexibility index (Phi) is 6.31. The number of alkyl halides is 6. The minimum Gasteiger partial charge on any atom is -0.296 e. The van der Waals surface area contributed by atoms with Crippen LogP contribution in [0.25, 0.3) is 11.0 Å². The van der Waals surface area contributed by atoms with Gasteiger partial charge in [-0.25, -0.2) is 9.67 Å². The maximum Gasteiger partial charge on any atom is 0.433 e. The molecule has 3 heterocycles. The van der Waals surface area contributed by atoms with Crippen LogP contribution in [0.4, 0.5) is 32.2 Å². The molecule has 11 heteroatoms. The highest BCUT2D eigenvalue weighted by Gasteiger charge is 2.47.